The Morgan fingerprint density at radius 2 is 1.64 bits per heavy atom. The lowest BCUT2D eigenvalue weighted by molar-refractivity contribution is 0.185. The lowest BCUT2D eigenvalue weighted by Gasteiger charge is -2.33. The zero-order chi connectivity index (χ0) is 13.9. The molecule has 1 atom stereocenters. The average molecular weight is 343 g/mol. The Bertz CT molecular complexity index is 600. The Kier molecular flexibility index (Phi) is 7.43. The van der Waals surface area contributed by atoms with Crippen molar-refractivity contribution in [2.45, 2.75) is 13.0 Å². The summed E-state index contributed by atoms with van der Waals surface area (Å²) in [5, 5.41) is 5.93. The van der Waals surface area contributed by atoms with Crippen molar-refractivity contribution in [3.05, 3.63) is 42.0 Å². The number of hydrogen-bond donors (Lipinski definition) is 1. The second kappa shape index (κ2) is 8.59. The molecule has 1 heterocycles. The van der Waals surface area contributed by atoms with E-state index in [1.54, 1.807) is 7.11 Å². The van der Waals surface area contributed by atoms with Crippen LogP contribution in [0.15, 0.2) is 36.4 Å². The minimum atomic E-state index is 0. The van der Waals surface area contributed by atoms with Crippen LogP contribution in [0.1, 0.15) is 18.5 Å². The van der Waals surface area contributed by atoms with Crippen LogP contribution in [0.3, 0.4) is 0 Å². The number of rotatable bonds is 3. The number of methoxy groups -OCH3 is 1. The Hall–Kier alpha value is -1.000. The van der Waals surface area contributed by atoms with E-state index < -0.39 is 0 Å². The van der Waals surface area contributed by atoms with E-state index in [-0.39, 0.29) is 24.8 Å². The molecule has 2 aromatic carbocycles. The van der Waals surface area contributed by atoms with Gasteiger partial charge in [-0.15, -0.1) is 24.8 Å². The quantitative estimate of drug-likeness (QED) is 0.921. The molecule has 1 saturated heterocycles. The number of halogens is 2. The van der Waals surface area contributed by atoms with Crippen molar-refractivity contribution in [2.24, 2.45) is 0 Å². The molecule has 0 spiro atoms. The van der Waals surface area contributed by atoms with Crippen LogP contribution < -0.4 is 10.1 Å². The number of ether oxygens (including phenoxy) is 1. The number of nitrogens with one attached hydrogen (secondary N) is 1. The molecule has 0 aromatic heterocycles. The van der Waals surface area contributed by atoms with Crippen LogP contribution in [-0.4, -0.2) is 38.2 Å². The Labute approximate surface area is 144 Å². The predicted molar refractivity (Wildman–Crippen MR) is 97.9 cm³/mol. The summed E-state index contributed by atoms with van der Waals surface area (Å²) in [7, 11) is 1.71. The molecule has 0 radical (unpaired) electrons. The predicted octanol–water partition coefficient (Wildman–Crippen LogP) is 3.66. The van der Waals surface area contributed by atoms with Crippen LogP contribution in [0.4, 0.5) is 0 Å². The van der Waals surface area contributed by atoms with Crippen LogP contribution >= 0.6 is 24.8 Å². The summed E-state index contributed by atoms with van der Waals surface area (Å²) >= 11 is 0. The van der Waals surface area contributed by atoms with E-state index in [9.17, 15) is 0 Å². The maximum Gasteiger partial charge on any atom is 0.119 e. The lowest BCUT2D eigenvalue weighted by atomic mass is 10.0. The molecule has 1 N–H and O–H groups in total. The van der Waals surface area contributed by atoms with Gasteiger partial charge < -0.3 is 10.1 Å². The fraction of sp³-hybridized carbons (Fsp3) is 0.412. The van der Waals surface area contributed by atoms with Gasteiger partial charge in [0.1, 0.15) is 5.75 Å². The van der Waals surface area contributed by atoms with Gasteiger partial charge in [-0.05, 0) is 41.5 Å². The summed E-state index contributed by atoms with van der Waals surface area (Å²) in [5.74, 6) is 0.917. The first kappa shape index (κ1) is 19.0. The molecular weight excluding hydrogens is 319 g/mol. The Morgan fingerprint density at radius 3 is 2.32 bits per heavy atom. The van der Waals surface area contributed by atoms with Crippen LogP contribution in [0.25, 0.3) is 10.8 Å². The largest absolute Gasteiger partial charge is 0.497 e. The highest BCUT2D eigenvalue weighted by Crippen LogP contribution is 2.26. The normalized spacial score (nSPS) is 16.5. The SMILES string of the molecule is COc1ccc2cc([C@@H](C)N3CCNCC3)ccc2c1.Cl.Cl. The van der Waals surface area contributed by atoms with Crippen LogP contribution in [-0.2, 0) is 0 Å². The van der Waals surface area contributed by atoms with Crippen LogP contribution in [0.5, 0.6) is 5.75 Å². The average Bonchev–Trinajstić information content (AvgIpc) is 2.54. The molecule has 1 fully saturated rings. The van der Waals surface area contributed by atoms with Gasteiger partial charge in [0.2, 0.25) is 0 Å². The summed E-state index contributed by atoms with van der Waals surface area (Å²) in [6, 6.07) is 13.5. The smallest absolute Gasteiger partial charge is 0.119 e. The van der Waals surface area contributed by atoms with Crippen molar-refractivity contribution in [3.63, 3.8) is 0 Å². The van der Waals surface area contributed by atoms with Crippen molar-refractivity contribution in [1.82, 2.24) is 10.2 Å². The van der Waals surface area contributed by atoms with E-state index in [0.29, 0.717) is 6.04 Å². The highest BCUT2D eigenvalue weighted by molar-refractivity contribution is 5.86. The van der Waals surface area contributed by atoms with E-state index in [4.69, 9.17) is 4.74 Å². The van der Waals surface area contributed by atoms with Gasteiger partial charge in [-0.25, -0.2) is 0 Å². The van der Waals surface area contributed by atoms with Gasteiger partial charge in [-0.3, -0.25) is 4.90 Å². The zero-order valence-corrected chi connectivity index (χ0v) is 14.7. The van der Waals surface area contributed by atoms with Gasteiger partial charge in [-0.2, -0.15) is 0 Å². The second-order valence-electron chi connectivity index (χ2n) is 5.43. The molecule has 1 aliphatic heterocycles. The molecular formula is C17H24Cl2N2O. The summed E-state index contributed by atoms with van der Waals surface area (Å²) in [6.07, 6.45) is 0. The Morgan fingerprint density at radius 1 is 1.00 bits per heavy atom. The van der Waals surface area contributed by atoms with Crippen molar-refractivity contribution in [1.29, 1.82) is 0 Å². The molecule has 22 heavy (non-hydrogen) atoms. The van der Waals surface area contributed by atoms with Crippen molar-refractivity contribution in [2.75, 3.05) is 33.3 Å². The number of piperazine rings is 1. The second-order valence-corrected chi connectivity index (χ2v) is 5.43. The monoisotopic (exact) mass is 342 g/mol. The summed E-state index contributed by atoms with van der Waals surface area (Å²) < 4.78 is 5.28. The standard InChI is InChI=1S/C17H22N2O.2ClH/c1-13(19-9-7-18-8-10-19)14-3-4-16-12-17(20-2)6-5-15(16)11-14;;/h3-6,11-13,18H,7-10H2,1-2H3;2*1H/t13-;;/m1../s1. The zero-order valence-electron chi connectivity index (χ0n) is 13.0. The van der Waals surface area contributed by atoms with Gasteiger partial charge >= 0.3 is 0 Å². The molecule has 0 unspecified atom stereocenters. The van der Waals surface area contributed by atoms with E-state index >= 15 is 0 Å². The van der Waals surface area contributed by atoms with E-state index in [2.05, 4.69) is 47.5 Å². The summed E-state index contributed by atoms with van der Waals surface area (Å²) in [6.45, 7) is 6.74. The molecule has 0 saturated carbocycles. The minimum Gasteiger partial charge on any atom is -0.497 e. The number of nitrogens with zero attached hydrogens (tertiary/aromatic N) is 1. The summed E-state index contributed by atoms with van der Waals surface area (Å²) in [4.78, 5) is 2.54. The maximum absolute atomic E-state index is 5.28. The molecule has 2 aromatic rings. The van der Waals surface area contributed by atoms with Gasteiger partial charge in [0, 0.05) is 32.2 Å². The first-order valence-electron chi connectivity index (χ1n) is 7.30. The molecule has 0 bridgehead atoms. The van der Waals surface area contributed by atoms with Crippen molar-refractivity contribution < 1.29 is 4.74 Å². The first-order valence-corrected chi connectivity index (χ1v) is 7.30. The topological polar surface area (TPSA) is 24.5 Å². The third-order valence-electron chi connectivity index (χ3n) is 4.25. The van der Waals surface area contributed by atoms with Crippen LogP contribution in [0, 0.1) is 0 Å². The first-order chi connectivity index (χ1) is 9.78. The molecule has 5 heteroatoms. The minimum absolute atomic E-state index is 0. The molecule has 122 valence electrons. The number of fused-ring (bicyclic) bond motifs is 1. The molecule has 1 aliphatic rings. The number of hydrogen-bond acceptors (Lipinski definition) is 3. The van der Waals surface area contributed by atoms with E-state index in [1.165, 1.54) is 16.3 Å². The molecule has 3 nitrogen and oxygen atoms in total. The van der Waals surface area contributed by atoms with Gasteiger partial charge in [0.25, 0.3) is 0 Å². The summed E-state index contributed by atoms with van der Waals surface area (Å²) in [5.41, 5.74) is 1.39. The molecule has 3 rings (SSSR count). The maximum atomic E-state index is 5.28. The third-order valence-corrected chi connectivity index (χ3v) is 4.25. The highest BCUT2D eigenvalue weighted by atomic mass is 35.5. The molecule has 0 aliphatic carbocycles. The lowest BCUT2D eigenvalue weighted by Crippen LogP contribution is -2.44. The third kappa shape index (κ3) is 4.05. The van der Waals surface area contributed by atoms with Gasteiger partial charge in [0.15, 0.2) is 0 Å². The number of benzene rings is 2. The van der Waals surface area contributed by atoms with Gasteiger partial charge in [0.05, 0.1) is 7.11 Å². The van der Waals surface area contributed by atoms with Gasteiger partial charge in [-0.1, -0.05) is 18.2 Å². The fourth-order valence-corrected chi connectivity index (χ4v) is 2.91. The Balaban J connectivity index is 0.00000121. The highest BCUT2D eigenvalue weighted by Gasteiger charge is 2.17. The van der Waals surface area contributed by atoms with E-state index in [0.717, 1.165) is 31.9 Å². The van der Waals surface area contributed by atoms with Crippen molar-refractivity contribution >= 4 is 35.6 Å². The fourth-order valence-electron chi connectivity index (χ4n) is 2.91. The van der Waals surface area contributed by atoms with Crippen molar-refractivity contribution in [3.8, 4) is 5.75 Å². The van der Waals surface area contributed by atoms with E-state index in [1.807, 2.05) is 6.07 Å². The molecule has 0 amide bonds. The van der Waals surface area contributed by atoms with Crippen LogP contribution in [0.2, 0.25) is 0 Å².